The van der Waals surface area contributed by atoms with Crippen LogP contribution in [-0.2, 0) is 4.79 Å². The molecule has 21 heavy (non-hydrogen) atoms. The van der Waals surface area contributed by atoms with Gasteiger partial charge in [0, 0.05) is 9.35 Å². The lowest BCUT2D eigenvalue weighted by molar-refractivity contribution is -0.137. The summed E-state index contributed by atoms with van der Waals surface area (Å²) < 4.78 is 13.4. The number of carbonyl (C=O) groups is 2. The Bertz CT molecular complexity index is 660. The zero-order valence-corrected chi connectivity index (χ0v) is 13.1. The van der Waals surface area contributed by atoms with E-state index in [1.807, 2.05) is 5.38 Å². The molecule has 0 aliphatic rings. The first-order chi connectivity index (χ1) is 9.97. The van der Waals surface area contributed by atoms with E-state index >= 15 is 0 Å². The summed E-state index contributed by atoms with van der Waals surface area (Å²) in [6, 6.07) is 6.64. The van der Waals surface area contributed by atoms with Gasteiger partial charge in [0.15, 0.2) is 0 Å². The fourth-order valence-corrected chi connectivity index (χ4v) is 3.11. The number of carboxylic acid groups (broad SMARTS) is 1. The molecule has 0 saturated carbocycles. The summed E-state index contributed by atoms with van der Waals surface area (Å²) in [4.78, 5) is 23.9. The number of nitrogens with one attached hydrogen (secondary N) is 1. The van der Waals surface area contributed by atoms with Crippen LogP contribution in [0, 0.1) is 5.82 Å². The summed E-state index contributed by atoms with van der Waals surface area (Å²) in [5.74, 6) is -1.92. The lowest BCUT2D eigenvalue weighted by atomic mass is 10.1. The zero-order chi connectivity index (χ0) is 15.4. The highest BCUT2D eigenvalue weighted by Crippen LogP contribution is 2.24. The molecule has 2 N–H and O–H groups in total. The van der Waals surface area contributed by atoms with Crippen LogP contribution in [-0.4, -0.2) is 17.0 Å². The maximum atomic E-state index is 13.0. The van der Waals surface area contributed by atoms with Crippen molar-refractivity contribution in [1.82, 2.24) is 5.32 Å². The molecule has 0 saturated heterocycles. The summed E-state index contributed by atoms with van der Waals surface area (Å²) in [6.07, 6.45) is -0.217. The van der Waals surface area contributed by atoms with Gasteiger partial charge in [-0.3, -0.25) is 9.59 Å². The molecule has 1 aromatic heterocycles. The Balaban J connectivity index is 2.20. The third-order valence-corrected chi connectivity index (χ3v) is 4.39. The fraction of sp³-hybridized carbons (Fsp3) is 0.143. The fourth-order valence-electron chi connectivity index (χ4n) is 1.80. The van der Waals surface area contributed by atoms with Gasteiger partial charge in [-0.1, -0.05) is 6.07 Å². The second-order valence-electron chi connectivity index (χ2n) is 4.26. The molecule has 0 aliphatic heterocycles. The SMILES string of the molecule is O=C(O)CC(NC(=O)c1ccc(F)cc1Br)c1cccs1. The molecule has 110 valence electrons. The number of hydrogen-bond donors (Lipinski definition) is 2. The third kappa shape index (κ3) is 4.12. The normalized spacial score (nSPS) is 11.9. The molecule has 1 heterocycles. The molecular formula is C14H11BrFNO3S. The summed E-state index contributed by atoms with van der Waals surface area (Å²) in [5.41, 5.74) is 0.253. The number of rotatable bonds is 5. The average Bonchev–Trinajstić information content (AvgIpc) is 2.90. The quantitative estimate of drug-likeness (QED) is 0.843. The summed E-state index contributed by atoms with van der Waals surface area (Å²) in [6.45, 7) is 0. The molecule has 2 rings (SSSR count). The van der Waals surface area contributed by atoms with E-state index in [1.165, 1.54) is 29.5 Å². The Hall–Kier alpha value is -1.73. The van der Waals surface area contributed by atoms with E-state index in [9.17, 15) is 14.0 Å². The molecule has 4 nitrogen and oxygen atoms in total. The van der Waals surface area contributed by atoms with E-state index in [2.05, 4.69) is 21.2 Å². The van der Waals surface area contributed by atoms with Crippen LogP contribution in [0.3, 0.4) is 0 Å². The van der Waals surface area contributed by atoms with Gasteiger partial charge in [-0.15, -0.1) is 11.3 Å². The molecule has 0 spiro atoms. The minimum atomic E-state index is -1.01. The van der Waals surface area contributed by atoms with Crippen molar-refractivity contribution in [2.24, 2.45) is 0 Å². The summed E-state index contributed by atoms with van der Waals surface area (Å²) >= 11 is 4.49. The maximum absolute atomic E-state index is 13.0. The topological polar surface area (TPSA) is 66.4 Å². The molecular weight excluding hydrogens is 361 g/mol. The number of aliphatic carboxylic acids is 1. The number of amides is 1. The molecule has 1 aromatic carbocycles. The number of halogens is 2. The first-order valence-electron chi connectivity index (χ1n) is 5.98. The van der Waals surface area contributed by atoms with Crippen LogP contribution < -0.4 is 5.32 Å². The maximum Gasteiger partial charge on any atom is 0.305 e. The van der Waals surface area contributed by atoms with Crippen molar-refractivity contribution in [1.29, 1.82) is 0 Å². The van der Waals surface area contributed by atoms with Crippen LogP contribution in [0.5, 0.6) is 0 Å². The number of carbonyl (C=O) groups excluding carboxylic acids is 1. The third-order valence-electron chi connectivity index (χ3n) is 2.75. The summed E-state index contributed by atoms with van der Waals surface area (Å²) in [5, 5.41) is 13.4. The van der Waals surface area contributed by atoms with Gasteiger partial charge < -0.3 is 10.4 Å². The minimum Gasteiger partial charge on any atom is -0.481 e. The molecule has 0 fully saturated rings. The van der Waals surface area contributed by atoms with Crippen LogP contribution in [0.4, 0.5) is 4.39 Å². The van der Waals surface area contributed by atoms with Crippen molar-refractivity contribution in [2.75, 3.05) is 0 Å². The van der Waals surface area contributed by atoms with Crippen molar-refractivity contribution < 1.29 is 19.1 Å². The van der Waals surface area contributed by atoms with Gasteiger partial charge in [-0.05, 0) is 45.6 Å². The molecule has 1 atom stereocenters. The second-order valence-corrected chi connectivity index (χ2v) is 6.10. The highest BCUT2D eigenvalue weighted by molar-refractivity contribution is 9.10. The lowest BCUT2D eigenvalue weighted by Crippen LogP contribution is -2.30. The Morgan fingerprint density at radius 3 is 2.71 bits per heavy atom. The van der Waals surface area contributed by atoms with E-state index < -0.39 is 23.7 Å². The molecule has 7 heteroatoms. The first-order valence-corrected chi connectivity index (χ1v) is 7.65. The Labute approximate surface area is 132 Å². The largest absolute Gasteiger partial charge is 0.481 e. The van der Waals surface area contributed by atoms with Gasteiger partial charge >= 0.3 is 5.97 Å². The molecule has 2 aromatic rings. The predicted molar refractivity (Wildman–Crippen MR) is 80.9 cm³/mol. The van der Waals surface area contributed by atoms with Gasteiger partial charge in [0.1, 0.15) is 5.82 Å². The first kappa shape index (κ1) is 15.7. The minimum absolute atomic E-state index is 0.217. The van der Waals surface area contributed by atoms with E-state index in [1.54, 1.807) is 12.1 Å². The van der Waals surface area contributed by atoms with E-state index in [-0.39, 0.29) is 12.0 Å². The Morgan fingerprint density at radius 1 is 1.38 bits per heavy atom. The highest BCUT2D eigenvalue weighted by atomic mass is 79.9. The van der Waals surface area contributed by atoms with Crippen molar-refractivity contribution in [2.45, 2.75) is 12.5 Å². The monoisotopic (exact) mass is 371 g/mol. The van der Waals surface area contributed by atoms with Crippen molar-refractivity contribution >= 4 is 39.1 Å². The molecule has 0 aliphatic carbocycles. The van der Waals surface area contributed by atoms with Crippen molar-refractivity contribution in [3.63, 3.8) is 0 Å². The highest BCUT2D eigenvalue weighted by Gasteiger charge is 2.21. The standard InChI is InChI=1S/C14H11BrFNO3S/c15-10-6-8(16)3-4-9(10)14(20)17-11(7-13(18)19)12-2-1-5-21-12/h1-6,11H,7H2,(H,17,20)(H,18,19). The van der Waals surface area contributed by atoms with Gasteiger partial charge in [-0.2, -0.15) is 0 Å². The van der Waals surface area contributed by atoms with E-state index in [4.69, 9.17) is 5.11 Å². The molecule has 0 bridgehead atoms. The van der Waals surface area contributed by atoms with Crippen LogP contribution in [0.1, 0.15) is 27.7 Å². The number of hydrogen-bond acceptors (Lipinski definition) is 3. The Morgan fingerprint density at radius 2 is 2.14 bits per heavy atom. The summed E-state index contributed by atoms with van der Waals surface area (Å²) in [7, 11) is 0. The number of carboxylic acids is 1. The molecule has 1 unspecified atom stereocenters. The average molecular weight is 372 g/mol. The lowest BCUT2D eigenvalue weighted by Gasteiger charge is -2.16. The van der Waals surface area contributed by atoms with Crippen LogP contribution in [0.25, 0.3) is 0 Å². The van der Waals surface area contributed by atoms with Crippen LogP contribution >= 0.6 is 27.3 Å². The van der Waals surface area contributed by atoms with Crippen LogP contribution in [0.2, 0.25) is 0 Å². The smallest absolute Gasteiger partial charge is 0.305 e. The predicted octanol–water partition coefficient (Wildman–Crippen LogP) is 3.60. The Kier molecular flexibility index (Phi) is 5.08. The van der Waals surface area contributed by atoms with Gasteiger partial charge in [0.25, 0.3) is 5.91 Å². The van der Waals surface area contributed by atoms with Gasteiger partial charge in [0.2, 0.25) is 0 Å². The van der Waals surface area contributed by atoms with E-state index in [0.717, 1.165) is 4.88 Å². The second kappa shape index (κ2) is 6.82. The number of benzene rings is 1. The number of thiophene rings is 1. The van der Waals surface area contributed by atoms with Crippen LogP contribution in [0.15, 0.2) is 40.2 Å². The van der Waals surface area contributed by atoms with Gasteiger partial charge in [-0.25, -0.2) is 4.39 Å². The molecule has 1 amide bonds. The van der Waals surface area contributed by atoms with E-state index in [0.29, 0.717) is 4.47 Å². The zero-order valence-electron chi connectivity index (χ0n) is 10.7. The molecule has 0 radical (unpaired) electrons. The van der Waals surface area contributed by atoms with Crippen molar-refractivity contribution in [3.8, 4) is 0 Å². The van der Waals surface area contributed by atoms with Crippen molar-refractivity contribution in [3.05, 3.63) is 56.4 Å². The van der Waals surface area contributed by atoms with Gasteiger partial charge in [0.05, 0.1) is 18.0 Å².